The van der Waals surface area contributed by atoms with Crippen LogP contribution < -0.4 is 5.32 Å². The second-order valence-electron chi connectivity index (χ2n) is 5.62. The quantitative estimate of drug-likeness (QED) is 0.716. The number of anilines is 1. The van der Waals surface area contributed by atoms with Gasteiger partial charge in [0, 0.05) is 29.0 Å². The minimum Gasteiger partial charge on any atom is -0.363 e. The van der Waals surface area contributed by atoms with E-state index in [0.29, 0.717) is 27.7 Å². The number of halogens is 2. The van der Waals surface area contributed by atoms with E-state index in [2.05, 4.69) is 20.5 Å². The summed E-state index contributed by atoms with van der Waals surface area (Å²) in [6.07, 6.45) is 6.07. The van der Waals surface area contributed by atoms with E-state index >= 15 is 0 Å². The van der Waals surface area contributed by atoms with Crippen LogP contribution in [-0.2, 0) is 6.54 Å². The fraction of sp³-hybridized carbons (Fsp3) is 0.312. The van der Waals surface area contributed by atoms with Gasteiger partial charge < -0.3 is 5.32 Å². The molecule has 2 aromatic heterocycles. The van der Waals surface area contributed by atoms with Crippen molar-refractivity contribution in [3.63, 3.8) is 0 Å². The highest BCUT2D eigenvalue weighted by Gasteiger charge is 2.23. The van der Waals surface area contributed by atoms with Crippen LogP contribution in [0.3, 0.4) is 0 Å². The van der Waals surface area contributed by atoms with E-state index < -0.39 is 0 Å². The number of nitrogens with zero attached hydrogens (tertiary/aromatic N) is 4. The molecule has 1 aromatic carbocycles. The van der Waals surface area contributed by atoms with Crippen molar-refractivity contribution in [1.29, 1.82) is 0 Å². The Kier molecular flexibility index (Phi) is 4.52. The molecule has 3 aromatic rings. The Labute approximate surface area is 153 Å². The molecule has 0 bridgehead atoms. The molecule has 1 aliphatic rings. The second kappa shape index (κ2) is 6.78. The van der Waals surface area contributed by atoms with Gasteiger partial charge in [-0.2, -0.15) is 11.8 Å². The Morgan fingerprint density at radius 3 is 3.00 bits per heavy atom. The predicted molar refractivity (Wildman–Crippen MR) is 99.0 cm³/mol. The highest BCUT2D eigenvalue weighted by molar-refractivity contribution is 7.99. The van der Waals surface area contributed by atoms with E-state index in [9.17, 15) is 0 Å². The zero-order valence-corrected chi connectivity index (χ0v) is 15.1. The summed E-state index contributed by atoms with van der Waals surface area (Å²) in [5.74, 6) is 2.89. The van der Waals surface area contributed by atoms with Crippen LogP contribution in [0.15, 0.2) is 30.6 Å². The molecule has 4 rings (SSSR count). The van der Waals surface area contributed by atoms with Gasteiger partial charge in [0.05, 0.1) is 5.25 Å². The van der Waals surface area contributed by atoms with Gasteiger partial charge in [0.1, 0.15) is 0 Å². The van der Waals surface area contributed by atoms with Crippen LogP contribution >= 0.6 is 35.0 Å². The molecule has 0 unspecified atom stereocenters. The molecule has 24 heavy (non-hydrogen) atoms. The van der Waals surface area contributed by atoms with Gasteiger partial charge in [0.25, 0.3) is 0 Å². The van der Waals surface area contributed by atoms with Crippen LogP contribution in [0, 0.1) is 0 Å². The molecule has 1 atom stereocenters. The molecule has 8 heteroatoms. The maximum absolute atomic E-state index is 6.22. The highest BCUT2D eigenvalue weighted by atomic mass is 35.5. The molecule has 3 heterocycles. The maximum Gasteiger partial charge on any atom is 0.203 e. The Morgan fingerprint density at radius 1 is 1.29 bits per heavy atom. The summed E-state index contributed by atoms with van der Waals surface area (Å²) >= 11 is 14.1. The number of fused-ring (bicyclic) bond motifs is 1. The van der Waals surface area contributed by atoms with Gasteiger partial charge in [-0.3, -0.25) is 4.40 Å². The van der Waals surface area contributed by atoms with E-state index in [1.807, 2.05) is 34.5 Å². The summed E-state index contributed by atoms with van der Waals surface area (Å²) in [4.78, 5) is 4.40. The van der Waals surface area contributed by atoms with Crippen LogP contribution in [0.5, 0.6) is 0 Å². The lowest BCUT2D eigenvalue weighted by Gasteiger charge is -2.09. The molecule has 5 nitrogen and oxygen atoms in total. The van der Waals surface area contributed by atoms with Crippen molar-refractivity contribution in [1.82, 2.24) is 19.6 Å². The first-order valence-electron chi connectivity index (χ1n) is 7.71. The SMILES string of the molecule is Clc1ccc(CNc2nccn3c([C@@H]4CCCS4)nnc23)c(Cl)c1. The van der Waals surface area contributed by atoms with Gasteiger partial charge in [0.15, 0.2) is 11.6 Å². The largest absolute Gasteiger partial charge is 0.363 e. The number of rotatable bonds is 4. The van der Waals surface area contributed by atoms with Crippen molar-refractivity contribution in [2.75, 3.05) is 11.1 Å². The molecule has 1 saturated heterocycles. The number of benzene rings is 1. The first-order valence-corrected chi connectivity index (χ1v) is 9.52. The average molecular weight is 380 g/mol. The maximum atomic E-state index is 6.22. The van der Waals surface area contributed by atoms with Crippen LogP contribution in [-0.4, -0.2) is 25.3 Å². The zero-order valence-electron chi connectivity index (χ0n) is 12.7. The third-order valence-electron chi connectivity index (χ3n) is 4.03. The van der Waals surface area contributed by atoms with Crippen molar-refractivity contribution in [3.05, 3.63) is 52.0 Å². The molecule has 1 fully saturated rings. The van der Waals surface area contributed by atoms with Crippen molar-refractivity contribution in [3.8, 4) is 0 Å². The number of hydrogen-bond acceptors (Lipinski definition) is 5. The fourth-order valence-electron chi connectivity index (χ4n) is 2.81. The van der Waals surface area contributed by atoms with Crippen LogP contribution in [0.25, 0.3) is 5.65 Å². The monoisotopic (exact) mass is 379 g/mol. The minimum atomic E-state index is 0.418. The summed E-state index contributed by atoms with van der Waals surface area (Å²) in [6, 6.07) is 5.47. The van der Waals surface area contributed by atoms with E-state index in [-0.39, 0.29) is 0 Å². The Balaban J connectivity index is 1.60. The molecule has 1 aliphatic heterocycles. The van der Waals surface area contributed by atoms with Crippen LogP contribution in [0.4, 0.5) is 5.82 Å². The van der Waals surface area contributed by atoms with Gasteiger partial charge >= 0.3 is 0 Å². The Bertz CT molecular complexity index is 876. The van der Waals surface area contributed by atoms with E-state index in [0.717, 1.165) is 23.5 Å². The lowest BCUT2D eigenvalue weighted by molar-refractivity contribution is 0.765. The van der Waals surface area contributed by atoms with Crippen molar-refractivity contribution in [2.24, 2.45) is 0 Å². The summed E-state index contributed by atoms with van der Waals surface area (Å²) in [6.45, 7) is 0.545. The molecular weight excluding hydrogens is 365 g/mol. The third-order valence-corrected chi connectivity index (χ3v) is 5.99. The molecule has 124 valence electrons. The van der Waals surface area contributed by atoms with Gasteiger partial charge in [-0.25, -0.2) is 4.98 Å². The normalized spacial score (nSPS) is 17.5. The number of aromatic nitrogens is 4. The predicted octanol–water partition coefficient (Wildman–Crippen LogP) is 4.61. The molecule has 0 amide bonds. The summed E-state index contributed by atoms with van der Waals surface area (Å²) in [5, 5.41) is 13.7. The summed E-state index contributed by atoms with van der Waals surface area (Å²) in [7, 11) is 0. The number of thioether (sulfide) groups is 1. The summed E-state index contributed by atoms with van der Waals surface area (Å²) in [5.41, 5.74) is 1.70. The minimum absolute atomic E-state index is 0.418. The lowest BCUT2D eigenvalue weighted by Crippen LogP contribution is -2.05. The average Bonchev–Trinajstić information content (AvgIpc) is 3.23. The second-order valence-corrected chi connectivity index (χ2v) is 7.77. The molecule has 0 radical (unpaired) electrons. The van der Waals surface area contributed by atoms with Crippen LogP contribution in [0.1, 0.15) is 29.5 Å². The van der Waals surface area contributed by atoms with Gasteiger partial charge in [-0.1, -0.05) is 29.3 Å². The van der Waals surface area contributed by atoms with Crippen molar-refractivity contribution in [2.45, 2.75) is 24.6 Å². The lowest BCUT2D eigenvalue weighted by atomic mass is 10.2. The molecule has 0 aliphatic carbocycles. The Morgan fingerprint density at radius 2 is 2.21 bits per heavy atom. The molecule has 1 N–H and O–H groups in total. The van der Waals surface area contributed by atoms with Crippen molar-refractivity contribution >= 4 is 46.4 Å². The first kappa shape index (κ1) is 16.0. The highest BCUT2D eigenvalue weighted by Crippen LogP contribution is 2.39. The smallest absolute Gasteiger partial charge is 0.203 e. The standard InChI is InChI=1S/C16H15Cl2N5S/c17-11-4-3-10(12(18)8-11)9-20-14-16-22-21-15(13-2-1-7-24-13)23(16)6-5-19-14/h3-6,8,13H,1-2,7,9H2,(H,19,20)/t13-/m0/s1. The Hall–Kier alpha value is -1.50. The van der Waals surface area contributed by atoms with E-state index in [1.54, 1.807) is 12.3 Å². The van der Waals surface area contributed by atoms with Crippen molar-refractivity contribution < 1.29 is 0 Å². The third kappa shape index (κ3) is 3.06. The molecule has 0 saturated carbocycles. The van der Waals surface area contributed by atoms with Gasteiger partial charge in [0.2, 0.25) is 5.65 Å². The van der Waals surface area contributed by atoms with Gasteiger partial charge in [-0.05, 0) is 36.3 Å². The first-order chi connectivity index (χ1) is 11.7. The van der Waals surface area contributed by atoms with E-state index in [1.165, 1.54) is 12.2 Å². The molecular formula is C16H15Cl2N5S. The van der Waals surface area contributed by atoms with Gasteiger partial charge in [-0.15, -0.1) is 10.2 Å². The number of nitrogens with one attached hydrogen (secondary N) is 1. The van der Waals surface area contributed by atoms with Crippen LogP contribution in [0.2, 0.25) is 10.0 Å². The number of hydrogen-bond donors (Lipinski definition) is 1. The molecule has 0 spiro atoms. The topological polar surface area (TPSA) is 55.1 Å². The zero-order chi connectivity index (χ0) is 16.5. The van der Waals surface area contributed by atoms with E-state index in [4.69, 9.17) is 23.2 Å². The fourth-order valence-corrected chi connectivity index (χ4v) is 4.55. The summed E-state index contributed by atoms with van der Waals surface area (Å²) < 4.78 is 2.03.